The van der Waals surface area contributed by atoms with Crippen LogP contribution in [0.25, 0.3) is 10.9 Å². The number of hydrogen-bond donors (Lipinski definition) is 1. The first-order chi connectivity index (χ1) is 15.1. The van der Waals surface area contributed by atoms with Crippen LogP contribution >= 0.6 is 11.6 Å². The first-order valence-electron chi connectivity index (χ1n) is 9.34. The number of aromatic nitrogens is 3. The number of nitrogens with one attached hydrogen (secondary N) is 1. The molecule has 2 aromatic heterocycles. The smallest absolute Gasteiger partial charge is 0.163 e. The molecule has 0 saturated heterocycles. The van der Waals surface area contributed by atoms with Crippen LogP contribution in [0.1, 0.15) is 0 Å². The minimum absolute atomic E-state index is 0.247. The summed E-state index contributed by atoms with van der Waals surface area (Å²) in [6, 6.07) is 11.4. The SMILES string of the molecule is COc1cc2c(Nc3ccc(Cl)cc3F)ncnc2cc1OCCOc1ccncc1. The Bertz CT molecular complexity index is 1190. The topological polar surface area (TPSA) is 78.4 Å². The Morgan fingerprint density at radius 1 is 0.968 bits per heavy atom. The van der Waals surface area contributed by atoms with E-state index >= 15 is 0 Å². The number of pyridine rings is 1. The lowest BCUT2D eigenvalue weighted by molar-refractivity contribution is 0.211. The second kappa shape index (κ2) is 9.44. The Labute approximate surface area is 182 Å². The molecule has 0 atom stereocenters. The lowest BCUT2D eigenvalue weighted by atomic mass is 10.2. The van der Waals surface area contributed by atoms with E-state index in [1.807, 2.05) is 0 Å². The van der Waals surface area contributed by atoms with Gasteiger partial charge in [-0.05, 0) is 36.4 Å². The molecule has 4 rings (SSSR count). The van der Waals surface area contributed by atoms with Gasteiger partial charge in [0, 0.05) is 28.9 Å². The molecule has 0 saturated carbocycles. The molecular formula is C22H18ClFN4O3. The second-order valence-corrected chi connectivity index (χ2v) is 6.81. The van der Waals surface area contributed by atoms with Gasteiger partial charge in [-0.2, -0.15) is 0 Å². The van der Waals surface area contributed by atoms with Gasteiger partial charge in [0.05, 0.1) is 18.3 Å². The zero-order valence-corrected chi connectivity index (χ0v) is 17.3. The molecule has 31 heavy (non-hydrogen) atoms. The van der Waals surface area contributed by atoms with Crippen molar-refractivity contribution >= 4 is 34.0 Å². The Morgan fingerprint density at radius 3 is 2.55 bits per heavy atom. The maximum Gasteiger partial charge on any atom is 0.163 e. The minimum Gasteiger partial charge on any atom is -0.493 e. The van der Waals surface area contributed by atoms with E-state index in [2.05, 4.69) is 20.3 Å². The average molecular weight is 441 g/mol. The molecule has 0 spiro atoms. The highest BCUT2D eigenvalue weighted by Crippen LogP contribution is 2.35. The van der Waals surface area contributed by atoms with Crippen LogP contribution < -0.4 is 19.5 Å². The monoisotopic (exact) mass is 440 g/mol. The number of hydrogen-bond acceptors (Lipinski definition) is 7. The van der Waals surface area contributed by atoms with E-state index in [0.29, 0.717) is 52.2 Å². The van der Waals surface area contributed by atoms with Crippen molar-refractivity contribution in [3.05, 3.63) is 72.0 Å². The maximum absolute atomic E-state index is 14.2. The third-order valence-corrected chi connectivity index (χ3v) is 4.60. The molecule has 0 aliphatic rings. The van der Waals surface area contributed by atoms with Gasteiger partial charge in [-0.15, -0.1) is 0 Å². The molecule has 0 fully saturated rings. The first-order valence-corrected chi connectivity index (χ1v) is 9.72. The van der Waals surface area contributed by atoms with Gasteiger partial charge >= 0.3 is 0 Å². The Morgan fingerprint density at radius 2 is 1.77 bits per heavy atom. The minimum atomic E-state index is -0.486. The van der Waals surface area contributed by atoms with Crippen molar-refractivity contribution in [1.29, 1.82) is 0 Å². The van der Waals surface area contributed by atoms with Gasteiger partial charge in [0.1, 0.15) is 36.9 Å². The molecule has 158 valence electrons. The third-order valence-electron chi connectivity index (χ3n) is 4.36. The summed E-state index contributed by atoms with van der Waals surface area (Å²) in [6.07, 6.45) is 4.70. The van der Waals surface area contributed by atoms with Gasteiger partial charge in [-0.1, -0.05) is 11.6 Å². The summed E-state index contributed by atoms with van der Waals surface area (Å²) in [5.41, 5.74) is 0.856. The largest absolute Gasteiger partial charge is 0.493 e. The Hall–Kier alpha value is -3.65. The van der Waals surface area contributed by atoms with Gasteiger partial charge in [0.2, 0.25) is 0 Å². The predicted molar refractivity (Wildman–Crippen MR) is 116 cm³/mol. The zero-order chi connectivity index (χ0) is 21.6. The van der Waals surface area contributed by atoms with E-state index in [-0.39, 0.29) is 5.69 Å². The highest BCUT2D eigenvalue weighted by molar-refractivity contribution is 6.30. The summed E-state index contributed by atoms with van der Waals surface area (Å²) in [6.45, 7) is 0.647. The quantitative estimate of drug-likeness (QED) is 0.385. The van der Waals surface area contributed by atoms with Crippen molar-refractivity contribution in [2.24, 2.45) is 0 Å². The maximum atomic E-state index is 14.2. The van der Waals surface area contributed by atoms with Gasteiger partial charge in [-0.25, -0.2) is 14.4 Å². The number of benzene rings is 2. The molecule has 4 aromatic rings. The van der Waals surface area contributed by atoms with E-state index in [1.54, 1.807) is 48.8 Å². The van der Waals surface area contributed by atoms with Crippen LogP contribution in [0.15, 0.2) is 61.2 Å². The van der Waals surface area contributed by atoms with Crippen LogP contribution in [-0.4, -0.2) is 35.3 Å². The summed E-state index contributed by atoms with van der Waals surface area (Å²) in [5.74, 6) is 1.65. The summed E-state index contributed by atoms with van der Waals surface area (Å²) < 4.78 is 31.1. The number of fused-ring (bicyclic) bond motifs is 1. The highest BCUT2D eigenvalue weighted by Gasteiger charge is 2.13. The molecule has 2 heterocycles. The summed E-state index contributed by atoms with van der Waals surface area (Å²) >= 11 is 5.82. The molecule has 9 heteroatoms. The molecule has 0 aliphatic heterocycles. The van der Waals surface area contributed by atoms with E-state index < -0.39 is 5.82 Å². The van der Waals surface area contributed by atoms with Gasteiger partial charge < -0.3 is 19.5 Å². The number of nitrogens with zero attached hydrogens (tertiary/aromatic N) is 3. The average Bonchev–Trinajstić information content (AvgIpc) is 2.79. The van der Waals surface area contributed by atoms with Gasteiger partial charge in [0.25, 0.3) is 0 Å². The second-order valence-electron chi connectivity index (χ2n) is 6.37. The van der Waals surface area contributed by atoms with Crippen molar-refractivity contribution < 1.29 is 18.6 Å². The number of anilines is 2. The van der Waals surface area contributed by atoms with E-state index in [4.69, 9.17) is 25.8 Å². The van der Waals surface area contributed by atoms with Crippen LogP contribution in [0.4, 0.5) is 15.9 Å². The molecule has 7 nitrogen and oxygen atoms in total. The van der Waals surface area contributed by atoms with E-state index in [0.717, 1.165) is 0 Å². The lowest BCUT2D eigenvalue weighted by Crippen LogP contribution is -2.09. The van der Waals surface area contributed by atoms with Gasteiger partial charge in [-0.3, -0.25) is 4.98 Å². The zero-order valence-electron chi connectivity index (χ0n) is 16.5. The molecule has 0 bridgehead atoms. The summed E-state index contributed by atoms with van der Waals surface area (Å²) in [7, 11) is 1.54. The standard InChI is InChI=1S/C22H18ClFN4O3/c1-29-20-11-16-19(12-21(20)31-9-8-30-15-4-6-25-7-5-15)26-13-27-22(16)28-18-3-2-14(23)10-17(18)24/h2-7,10-13H,8-9H2,1H3,(H,26,27,28). The fourth-order valence-corrected chi connectivity index (χ4v) is 3.06. The van der Waals surface area contributed by atoms with Crippen molar-refractivity contribution in [2.45, 2.75) is 0 Å². The lowest BCUT2D eigenvalue weighted by Gasteiger charge is -2.14. The molecule has 0 radical (unpaired) electrons. The van der Waals surface area contributed by atoms with Crippen LogP contribution in [0.3, 0.4) is 0 Å². The molecular weight excluding hydrogens is 423 g/mol. The van der Waals surface area contributed by atoms with Crippen molar-refractivity contribution in [1.82, 2.24) is 15.0 Å². The number of methoxy groups -OCH3 is 1. The molecule has 0 amide bonds. The van der Waals surface area contributed by atoms with Crippen LogP contribution in [-0.2, 0) is 0 Å². The summed E-state index contributed by atoms with van der Waals surface area (Å²) in [4.78, 5) is 12.5. The van der Waals surface area contributed by atoms with E-state index in [9.17, 15) is 4.39 Å². The van der Waals surface area contributed by atoms with Crippen LogP contribution in [0.2, 0.25) is 5.02 Å². The predicted octanol–water partition coefficient (Wildman–Crippen LogP) is 5.03. The third kappa shape index (κ3) is 4.92. The molecule has 2 aromatic carbocycles. The number of ether oxygens (including phenoxy) is 3. The van der Waals surface area contributed by atoms with Crippen molar-refractivity contribution in [3.63, 3.8) is 0 Å². The first kappa shape index (κ1) is 20.6. The number of rotatable bonds is 8. The fraction of sp³-hybridized carbons (Fsp3) is 0.136. The summed E-state index contributed by atoms with van der Waals surface area (Å²) in [5, 5.41) is 3.94. The van der Waals surface area contributed by atoms with Crippen molar-refractivity contribution in [3.8, 4) is 17.2 Å². The highest BCUT2D eigenvalue weighted by atomic mass is 35.5. The number of halogens is 2. The van der Waals surface area contributed by atoms with Crippen LogP contribution in [0, 0.1) is 5.82 Å². The van der Waals surface area contributed by atoms with Crippen LogP contribution in [0.5, 0.6) is 17.2 Å². The molecule has 0 unspecified atom stereocenters. The van der Waals surface area contributed by atoms with Crippen molar-refractivity contribution in [2.75, 3.05) is 25.6 Å². The Kier molecular flexibility index (Phi) is 6.28. The molecule has 1 N–H and O–H groups in total. The molecule has 0 aliphatic carbocycles. The Balaban J connectivity index is 1.53. The fourth-order valence-electron chi connectivity index (χ4n) is 2.90. The van der Waals surface area contributed by atoms with E-state index in [1.165, 1.54) is 19.5 Å². The van der Waals surface area contributed by atoms with Gasteiger partial charge in [0.15, 0.2) is 11.5 Å². The normalized spacial score (nSPS) is 10.7.